The maximum atomic E-state index is 12.6. The highest BCUT2D eigenvalue weighted by molar-refractivity contribution is 6.28. The van der Waals surface area contributed by atoms with Crippen LogP contribution in [0.1, 0.15) is 24.3 Å². The number of ether oxygens (including phenoxy) is 1. The zero-order valence-corrected chi connectivity index (χ0v) is 16.3. The minimum atomic E-state index is -0.0361. The van der Waals surface area contributed by atoms with Crippen LogP contribution < -0.4 is 10.6 Å². The van der Waals surface area contributed by atoms with Gasteiger partial charge in [-0.05, 0) is 48.1 Å². The third-order valence-corrected chi connectivity index (χ3v) is 5.46. The molecule has 0 unspecified atom stereocenters. The number of fused-ring (bicyclic) bond motifs is 1. The van der Waals surface area contributed by atoms with Crippen LogP contribution in [0.2, 0.25) is 5.28 Å². The summed E-state index contributed by atoms with van der Waals surface area (Å²) < 4.78 is 8.94. The van der Waals surface area contributed by atoms with E-state index in [-0.39, 0.29) is 11.0 Å². The lowest BCUT2D eigenvalue weighted by Crippen LogP contribution is -2.20. The molecular weight excluding hydrogens is 368 g/mol. The van der Waals surface area contributed by atoms with E-state index in [4.69, 9.17) is 16.3 Å². The van der Waals surface area contributed by atoms with E-state index >= 15 is 0 Å². The van der Waals surface area contributed by atoms with Crippen LogP contribution in [0.5, 0.6) is 0 Å². The first-order chi connectivity index (χ1) is 13.0. The number of hydrogen-bond acceptors (Lipinski definition) is 6. The first-order valence-corrected chi connectivity index (χ1v) is 9.21. The third kappa shape index (κ3) is 3.08. The van der Waals surface area contributed by atoms with Crippen LogP contribution >= 0.6 is 11.6 Å². The summed E-state index contributed by atoms with van der Waals surface area (Å²) in [5.74, 6) is 0.926. The fourth-order valence-corrected chi connectivity index (χ4v) is 3.81. The molecule has 4 rings (SSSR count). The van der Waals surface area contributed by atoms with Crippen molar-refractivity contribution in [3.8, 4) is 0 Å². The molecule has 1 aliphatic heterocycles. The summed E-state index contributed by atoms with van der Waals surface area (Å²) in [5.41, 5.74) is 3.91. The van der Waals surface area contributed by atoms with Crippen molar-refractivity contribution < 1.29 is 4.74 Å². The van der Waals surface area contributed by atoms with Crippen LogP contribution in [0.15, 0.2) is 23.1 Å². The number of rotatable bonds is 3. The van der Waals surface area contributed by atoms with E-state index in [0.29, 0.717) is 11.7 Å². The summed E-state index contributed by atoms with van der Waals surface area (Å²) in [6.07, 6.45) is 3.46. The Morgan fingerprint density at radius 1 is 1.19 bits per heavy atom. The Labute approximate surface area is 161 Å². The molecule has 0 atom stereocenters. The largest absolute Gasteiger partial charge is 0.381 e. The number of hydrogen-bond donors (Lipinski definition) is 0. The van der Waals surface area contributed by atoms with E-state index in [9.17, 15) is 4.79 Å². The number of imidazole rings is 1. The number of halogens is 1. The van der Waals surface area contributed by atoms with Gasteiger partial charge in [-0.3, -0.25) is 9.13 Å². The van der Waals surface area contributed by atoms with Gasteiger partial charge in [-0.1, -0.05) is 0 Å². The van der Waals surface area contributed by atoms with Crippen molar-refractivity contribution in [1.29, 1.82) is 0 Å². The number of aromatic nitrogens is 5. The van der Waals surface area contributed by atoms with Crippen molar-refractivity contribution in [2.45, 2.75) is 18.8 Å². The molecule has 0 spiro atoms. The van der Waals surface area contributed by atoms with Gasteiger partial charge in [0.25, 0.3) is 0 Å². The smallest absolute Gasteiger partial charge is 0.328 e. The van der Waals surface area contributed by atoms with Crippen LogP contribution in [-0.2, 0) is 18.8 Å². The molecule has 1 saturated heterocycles. The van der Waals surface area contributed by atoms with Gasteiger partial charge in [-0.15, -0.1) is 10.2 Å². The highest BCUT2D eigenvalue weighted by Crippen LogP contribution is 2.36. The van der Waals surface area contributed by atoms with Crippen molar-refractivity contribution in [2.24, 2.45) is 14.1 Å². The number of anilines is 2. The second-order valence-electron chi connectivity index (χ2n) is 6.83. The predicted octanol–water partition coefficient (Wildman–Crippen LogP) is 2.38. The highest BCUT2D eigenvalue weighted by Gasteiger charge is 2.23. The molecule has 0 aliphatic carbocycles. The fourth-order valence-electron chi connectivity index (χ4n) is 3.73. The second kappa shape index (κ2) is 6.94. The lowest BCUT2D eigenvalue weighted by molar-refractivity contribution is 0.0855. The lowest BCUT2D eigenvalue weighted by atomic mass is 9.90. The molecule has 1 fully saturated rings. The fraction of sp³-hybridized carbons (Fsp3) is 0.444. The van der Waals surface area contributed by atoms with Gasteiger partial charge < -0.3 is 9.64 Å². The van der Waals surface area contributed by atoms with E-state index < -0.39 is 0 Å². The Balaban J connectivity index is 1.90. The van der Waals surface area contributed by atoms with Gasteiger partial charge in [0.2, 0.25) is 5.28 Å². The molecule has 0 N–H and O–H groups in total. The van der Waals surface area contributed by atoms with E-state index in [1.807, 2.05) is 25.1 Å². The number of aryl methyl sites for hydroxylation is 2. The van der Waals surface area contributed by atoms with Crippen molar-refractivity contribution in [3.05, 3.63) is 39.7 Å². The first-order valence-electron chi connectivity index (χ1n) is 8.83. The minimum absolute atomic E-state index is 0.0361. The van der Waals surface area contributed by atoms with Crippen LogP contribution in [0.4, 0.5) is 11.5 Å². The van der Waals surface area contributed by atoms with Crippen LogP contribution in [0, 0.1) is 0 Å². The Hall–Kier alpha value is -2.45. The Kier molecular flexibility index (Phi) is 4.61. The molecular formula is C18H21ClN6O2. The first kappa shape index (κ1) is 17.9. The zero-order valence-electron chi connectivity index (χ0n) is 15.5. The topological polar surface area (TPSA) is 78.1 Å². The Bertz CT molecular complexity index is 1040. The van der Waals surface area contributed by atoms with Gasteiger partial charge in [-0.2, -0.15) is 0 Å². The molecule has 2 aromatic heterocycles. The molecule has 142 valence electrons. The summed E-state index contributed by atoms with van der Waals surface area (Å²) in [7, 11) is 5.52. The average Bonchev–Trinajstić information content (AvgIpc) is 2.92. The molecule has 1 aliphatic rings. The normalized spacial score (nSPS) is 15.4. The number of benzene rings is 1. The molecule has 3 heterocycles. The van der Waals surface area contributed by atoms with Gasteiger partial charge in [0, 0.05) is 40.0 Å². The maximum absolute atomic E-state index is 12.6. The van der Waals surface area contributed by atoms with Gasteiger partial charge in [-0.25, -0.2) is 9.78 Å². The molecule has 1 aromatic carbocycles. The van der Waals surface area contributed by atoms with Gasteiger partial charge in [0.15, 0.2) is 5.82 Å². The SMILES string of the molecule is CN(c1cc(C2CCOCC2)c2c(c1)n(C)c(=O)n2C)c1cnc(Cl)nn1. The van der Waals surface area contributed by atoms with E-state index in [1.54, 1.807) is 22.4 Å². The van der Waals surface area contributed by atoms with Crippen molar-refractivity contribution in [3.63, 3.8) is 0 Å². The van der Waals surface area contributed by atoms with E-state index in [2.05, 4.69) is 21.2 Å². The van der Waals surface area contributed by atoms with Crippen molar-refractivity contribution >= 4 is 34.1 Å². The molecule has 8 nitrogen and oxygen atoms in total. The summed E-state index contributed by atoms with van der Waals surface area (Å²) >= 11 is 5.75. The van der Waals surface area contributed by atoms with Crippen LogP contribution in [0.3, 0.4) is 0 Å². The molecule has 0 radical (unpaired) electrons. The Morgan fingerprint density at radius 2 is 1.93 bits per heavy atom. The summed E-state index contributed by atoms with van der Waals surface area (Å²) in [5, 5.41) is 8.04. The summed E-state index contributed by atoms with van der Waals surface area (Å²) in [6.45, 7) is 1.47. The molecule has 0 bridgehead atoms. The monoisotopic (exact) mass is 388 g/mol. The maximum Gasteiger partial charge on any atom is 0.328 e. The third-order valence-electron chi connectivity index (χ3n) is 5.29. The average molecular weight is 389 g/mol. The minimum Gasteiger partial charge on any atom is -0.381 e. The molecule has 9 heteroatoms. The van der Waals surface area contributed by atoms with Gasteiger partial charge in [0.05, 0.1) is 17.2 Å². The van der Waals surface area contributed by atoms with Gasteiger partial charge in [0.1, 0.15) is 0 Å². The second-order valence-corrected chi connectivity index (χ2v) is 7.17. The standard InChI is InChI=1S/C18H21ClN6O2/c1-23(15-10-20-17(19)22-21-15)12-8-13(11-4-6-27-7-5-11)16-14(9-12)24(2)18(26)25(16)3/h8-11H,4-7H2,1-3H3. The van der Waals surface area contributed by atoms with Crippen molar-refractivity contribution in [2.75, 3.05) is 25.2 Å². The van der Waals surface area contributed by atoms with Crippen LogP contribution in [0.25, 0.3) is 11.0 Å². The van der Waals surface area contributed by atoms with Crippen molar-refractivity contribution in [1.82, 2.24) is 24.3 Å². The predicted molar refractivity (Wildman–Crippen MR) is 104 cm³/mol. The highest BCUT2D eigenvalue weighted by atomic mass is 35.5. The molecule has 0 saturated carbocycles. The van der Waals surface area contributed by atoms with Crippen LogP contribution in [-0.4, -0.2) is 44.6 Å². The summed E-state index contributed by atoms with van der Waals surface area (Å²) in [4.78, 5) is 18.5. The lowest BCUT2D eigenvalue weighted by Gasteiger charge is -2.25. The zero-order chi connectivity index (χ0) is 19.1. The van der Waals surface area contributed by atoms with Gasteiger partial charge >= 0.3 is 5.69 Å². The van der Waals surface area contributed by atoms with E-state index in [1.165, 1.54) is 0 Å². The summed E-state index contributed by atoms with van der Waals surface area (Å²) in [6, 6.07) is 4.13. The Morgan fingerprint density at radius 3 is 2.59 bits per heavy atom. The molecule has 0 amide bonds. The molecule has 27 heavy (non-hydrogen) atoms. The number of nitrogens with zero attached hydrogens (tertiary/aromatic N) is 6. The van der Waals surface area contributed by atoms with E-state index in [0.717, 1.165) is 48.3 Å². The molecule has 3 aromatic rings. The quantitative estimate of drug-likeness (QED) is 0.685.